The first kappa shape index (κ1) is 22.2. The number of hydrogen-bond donors (Lipinski definition) is 1. The molecule has 3 rings (SSSR count). The van der Waals surface area contributed by atoms with Crippen LogP contribution in [0.5, 0.6) is 0 Å². The number of nitrogens with one attached hydrogen (secondary N) is 1. The van der Waals surface area contributed by atoms with E-state index in [2.05, 4.69) is 5.32 Å². The lowest BCUT2D eigenvalue weighted by molar-refractivity contribution is -0.174. The highest BCUT2D eigenvalue weighted by Crippen LogP contribution is 2.35. The van der Waals surface area contributed by atoms with Crippen molar-refractivity contribution in [2.45, 2.75) is 25.6 Å². The minimum atomic E-state index is -1.55. The summed E-state index contributed by atoms with van der Waals surface area (Å²) in [7, 11) is 0. The zero-order valence-electron chi connectivity index (χ0n) is 17.4. The van der Waals surface area contributed by atoms with Crippen molar-refractivity contribution in [3.05, 3.63) is 102 Å². The van der Waals surface area contributed by atoms with E-state index in [9.17, 15) is 14.0 Å². The first-order chi connectivity index (χ1) is 15.0. The third-order valence-corrected chi connectivity index (χ3v) is 4.79. The topological polar surface area (TPSA) is 64.6 Å². The normalized spacial score (nSPS) is 12.1. The summed E-state index contributed by atoms with van der Waals surface area (Å²) in [6.07, 6.45) is -1.18. The number of esters is 1. The average Bonchev–Trinajstić information content (AvgIpc) is 2.80. The van der Waals surface area contributed by atoms with Gasteiger partial charge >= 0.3 is 5.97 Å². The van der Waals surface area contributed by atoms with Gasteiger partial charge in [-0.25, -0.2) is 9.18 Å². The molecule has 5 nitrogen and oxygen atoms in total. The fraction of sp³-hybridized carbons (Fsp3) is 0.200. The number of rotatable bonds is 8. The van der Waals surface area contributed by atoms with Gasteiger partial charge in [-0.2, -0.15) is 0 Å². The van der Waals surface area contributed by atoms with Crippen molar-refractivity contribution in [3.63, 3.8) is 0 Å². The molecular formula is C25H24FNO4. The maximum atomic E-state index is 13.9. The van der Waals surface area contributed by atoms with Crippen LogP contribution in [0.3, 0.4) is 0 Å². The number of carbonyl (C=O) groups excluding carboxylic acids is 2. The molecule has 3 aromatic carbocycles. The predicted molar refractivity (Wildman–Crippen MR) is 116 cm³/mol. The van der Waals surface area contributed by atoms with Gasteiger partial charge in [-0.3, -0.25) is 4.79 Å². The molecule has 0 radical (unpaired) electrons. The summed E-state index contributed by atoms with van der Waals surface area (Å²) >= 11 is 0. The molecule has 0 aliphatic carbocycles. The summed E-state index contributed by atoms with van der Waals surface area (Å²) < 4.78 is 25.4. The van der Waals surface area contributed by atoms with E-state index < -0.39 is 29.4 Å². The summed E-state index contributed by atoms with van der Waals surface area (Å²) in [4.78, 5) is 26.1. The summed E-state index contributed by atoms with van der Waals surface area (Å²) in [6, 6.07) is 23.7. The molecule has 0 aliphatic heterocycles. The Morgan fingerprint density at radius 1 is 0.903 bits per heavy atom. The maximum Gasteiger partial charge on any atom is 0.348 e. The number of anilines is 1. The van der Waals surface area contributed by atoms with Crippen molar-refractivity contribution >= 4 is 17.6 Å². The Morgan fingerprint density at radius 2 is 1.42 bits per heavy atom. The molecule has 0 aliphatic rings. The molecule has 0 saturated carbocycles. The fourth-order valence-corrected chi connectivity index (χ4v) is 3.28. The molecule has 1 amide bonds. The van der Waals surface area contributed by atoms with E-state index in [0.717, 1.165) is 0 Å². The van der Waals surface area contributed by atoms with E-state index in [1.165, 1.54) is 25.1 Å². The van der Waals surface area contributed by atoms with Crippen LogP contribution in [0.4, 0.5) is 10.1 Å². The monoisotopic (exact) mass is 421 g/mol. The second-order valence-electron chi connectivity index (χ2n) is 6.86. The third-order valence-electron chi connectivity index (χ3n) is 4.79. The standard InChI is InChI=1S/C25H24FNO4/c1-3-30-25(19-12-6-4-7-13-19,20-14-8-5-9-15-20)24(29)31-18(2)23(28)27-22-17-11-10-16-21(22)26/h4-18H,3H2,1-2H3,(H,27,28)/t18-/m0/s1. The lowest BCUT2D eigenvalue weighted by atomic mass is 9.86. The zero-order valence-corrected chi connectivity index (χ0v) is 17.4. The summed E-state index contributed by atoms with van der Waals surface area (Å²) in [5.74, 6) is -1.96. The van der Waals surface area contributed by atoms with E-state index in [-0.39, 0.29) is 12.3 Å². The molecule has 1 N–H and O–H groups in total. The zero-order chi connectivity index (χ0) is 22.3. The molecule has 0 bridgehead atoms. The van der Waals surface area contributed by atoms with Gasteiger partial charge in [0.1, 0.15) is 5.82 Å². The Bertz CT molecular complexity index is 984. The highest BCUT2D eigenvalue weighted by atomic mass is 19.1. The SMILES string of the molecule is CCOC(C(=O)O[C@@H](C)C(=O)Nc1ccccc1F)(c1ccccc1)c1ccccc1. The van der Waals surface area contributed by atoms with E-state index in [1.54, 1.807) is 61.5 Å². The van der Waals surface area contributed by atoms with Crippen LogP contribution in [0.15, 0.2) is 84.9 Å². The van der Waals surface area contributed by atoms with Crippen LogP contribution in [-0.4, -0.2) is 24.6 Å². The maximum absolute atomic E-state index is 13.9. The second-order valence-corrected chi connectivity index (χ2v) is 6.86. The fourth-order valence-electron chi connectivity index (χ4n) is 3.28. The highest BCUT2D eigenvalue weighted by molar-refractivity contribution is 5.96. The summed E-state index contributed by atoms with van der Waals surface area (Å²) in [5.41, 5.74) is -0.383. The number of ether oxygens (including phenoxy) is 2. The lowest BCUT2D eigenvalue weighted by Crippen LogP contribution is -2.44. The molecule has 0 unspecified atom stereocenters. The first-order valence-electron chi connectivity index (χ1n) is 10.0. The van der Waals surface area contributed by atoms with Crippen molar-refractivity contribution in [1.82, 2.24) is 0 Å². The molecule has 0 saturated heterocycles. The molecule has 3 aromatic rings. The first-order valence-corrected chi connectivity index (χ1v) is 10.0. The van der Waals surface area contributed by atoms with E-state index in [4.69, 9.17) is 9.47 Å². The van der Waals surface area contributed by atoms with Gasteiger partial charge < -0.3 is 14.8 Å². The number of hydrogen-bond acceptors (Lipinski definition) is 4. The van der Waals surface area contributed by atoms with Gasteiger partial charge in [0.15, 0.2) is 6.10 Å². The predicted octanol–water partition coefficient (Wildman–Crippen LogP) is 4.68. The van der Waals surface area contributed by atoms with Gasteiger partial charge in [-0.1, -0.05) is 72.8 Å². The van der Waals surface area contributed by atoms with Crippen molar-refractivity contribution < 1.29 is 23.5 Å². The van der Waals surface area contributed by atoms with Crippen LogP contribution in [0.1, 0.15) is 25.0 Å². The Kier molecular flexibility index (Phi) is 7.15. The Labute approximate surface area is 180 Å². The largest absolute Gasteiger partial charge is 0.450 e. The van der Waals surface area contributed by atoms with Crippen LogP contribution < -0.4 is 5.32 Å². The average molecular weight is 421 g/mol. The number of amides is 1. The van der Waals surface area contributed by atoms with Crippen molar-refractivity contribution in [2.24, 2.45) is 0 Å². The van der Waals surface area contributed by atoms with E-state index in [0.29, 0.717) is 11.1 Å². The minimum Gasteiger partial charge on any atom is -0.450 e. The second kappa shape index (κ2) is 10.00. The van der Waals surface area contributed by atoms with Gasteiger partial charge in [-0.05, 0) is 37.1 Å². The van der Waals surface area contributed by atoms with Crippen LogP contribution in [0.2, 0.25) is 0 Å². The Balaban J connectivity index is 1.91. The molecule has 0 spiro atoms. The molecule has 0 heterocycles. The van der Waals surface area contributed by atoms with Crippen LogP contribution in [-0.2, 0) is 24.7 Å². The van der Waals surface area contributed by atoms with Crippen LogP contribution >= 0.6 is 0 Å². The van der Waals surface area contributed by atoms with E-state index >= 15 is 0 Å². The van der Waals surface area contributed by atoms with Gasteiger partial charge in [0.2, 0.25) is 5.60 Å². The molecular weight excluding hydrogens is 397 g/mol. The van der Waals surface area contributed by atoms with Crippen LogP contribution in [0, 0.1) is 5.82 Å². The lowest BCUT2D eigenvalue weighted by Gasteiger charge is -2.33. The number of benzene rings is 3. The smallest absolute Gasteiger partial charge is 0.348 e. The minimum absolute atomic E-state index is 0.0117. The third kappa shape index (κ3) is 4.81. The van der Waals surface area contributed by atoms with Gasteiger partial charge in [0, 0.05) is 6.61 Å². The van der Waals surface area contributed by atoms with Crippen molar-refractivity contribution in [3.8, 4) is 0 Å². The molecule has 0 aromatic heterocycles. The quantitative estimate of drug-likeness (QED) is 0.537. The highest BCUT2D eigenvalue weighted by Gasteiger charge is 2.46. The van der Waals surface area contributed by atoms with Gasteiger partial charge in [-0.15, -0.1) is 0 Å². The Morgan fingerprint density at radius 3 is 1.94 bits per heavy atom. The number of carbonyl (C=O) groups is 2. The molecule has 160 valence electrons. The molecule has 1 atom stereocenters. The molecule has 31 heavy (non-hydrogen) atoms. The van der Waals surface area contributed by atoms with Crippen LogP contribution in [0.25, 0.3) is 0 Å². The summed E-state index contributed by atoms with van der Waals surface area (Å²) in [5, 5.41) is 2.45. The molecule has 0 fully saturated rings. The molecule has 6 heteroatoms. The van der Waals surface area contributed by atoms with E-state index in [1.807, 2.05) is 12.1 Å². The van der Waals surface area contributed by atoms with Gasteiger partial charge in [0.25, 0.3) is 5.91 Å². The number of para-hydroxylation sites is 1. The van der Waals surface area contributed by atoms with Gasteiger partial charge in [0.05, 0.1) is 5.69 Å². The summed E-state index contributed by atoms with van der Waals surface area (Å²) in [6.45, 7) is 3.44. The van der Waals surface area contributed by atoms with Crippen molar-refractivity contribution in [2.75, 3.05) is 11.9 Å². The number of halogens is 1. The Hall–Kier alpha value is -3.51. The van der Waals surface area contributed by atoms with Crippen molar-refractivity contribution in [1.29, 1.82) is 0 Å².